The Balaban J connectivity index is 1.87. The van der Waals surface area contributed by atoms with Crippen molar-refractivity contribution < 1.29 is 19.0 Å². The van der Waals surface area contributed by atoms with Crippen LogP contribution in [0.3, 0.4) is 0 Å². The number of rotatable bonds is 9. The number of ether oxygens (including phenoxy) is 1. The van der Waals surface area contributed by atoms with Crippen LogP contribution in [-0.2, 0) is 4.57 Å². The topological polar surface area (TPSA) is 86.5 Å². The van der Waals surface area contributed by atoms with Crippen molar-refractivity contribution in [2.45, 2.75) is 25.9 Å². The third-order valence-corrected chi connectivity index (χ3v) is 10.0. The third kappa shape index (κ3) is 5.55. The number of carbonyl (C=O) groups is 1. The SMILES string of the molecule is COc1ccc(C(CC(=O)c2ccc([N+](=O)[O-])cc2)P(=O)(c2ccc(C)cc2)c2ccc(C)cc2)cc1. The number of nitro groups is 1. The van der Waals surface area contributed by atoms with E-state index in [1.165, 1.54) is 24.3 Å². The number of ketones is 1. The van der Waals surface area contributed by atoms with Gasteiger partial charge in [0, 0.05) is 34.7 Å². The van der Waals surface area contributed by atoms with Crippen LogP contribution < -0.4 is 15.3 Å². The fourth-order valence-electron chi connectivity index (χ4n) is 4.39. The van der Waals surface area contributed by atoms with Gasteiger partial charge in [0.25, 0.3) is 5.69 Å². The molecule has 4 rings (SSSR count). The van der Waals surface area contributed by atoms with Crippen LogP contribution >= 0.6 is 7.14 Å². The number of hydrogen-bond acceptors (Lipinski definition) is 5. The van der Waals surface area contributed by atoms with Crippen LogP contribution in [0.4, 0.5) is 5.69 Å². The van der Waals surface area contributed by atoms with E-state index in [1.54, 1.807) is 19.2 Å². The smallest absolute Gasteiger partial charge is 0.269 e. The summed E-state index contributed by atoms with van der Waals surface area (Å²) < 4.78 is 20.7. The highest BCUT2D eigenvalue weighted by molar-refractivity contribution is 7.79. The van der Waals surface area contributed by atoms with Crippen LogP contribution in [0.5, 0.6) is 5.75 Å². The van der Waals surface area contributed by atoms with Gasteiger partial charge in [-0.2, -0.15) is 0 Å². The second-order valence-electron chi connectivity index (χ2n) is 9.05. The number of carbonyl (C=O) groups excluding carboxylic acids is 1. The van der Waals surface area contributed by atoms with Crippen molar-refractivity contribution in [2.24, 2.45) is 0 Å². The van der Waals surface area contributed by atoms with Crippen molar-refractivity contribution in [3.05, 3.63) is 129 Å². The Morgan fingerprint density at radius 2 is 1.30 bits per heavy atom. The van der Waals surface area contributed by atoms with E-state index >= 15 is 4.57 Å². The minimum atomic E-state index is -3.39. The lowest BCUT2D eigenvalue weighted by Gasteiger charge is -2.29. The maximum Gasteiger partial charge on any atom is 0.269 e. The van der Waals surface area contributed by atoms with Gasteiger partial charge in [0.2, 0.25) is 0 Å². The molecule has 4 aromatic rings. The standard InChI is InChI=1S/C30H28NO5P/c1-21-4-16-27(17-5-21)37(35,28-18-6-22(2)7-19-28)30(24-10-14-26(36-3)15-11-24)20-29(32)23-8-12-25(13-9-23)31(33)34/h4-19,30H,20H2,1-3H3. The largest absolute Gasteiger partial charge is 0.497 e. The summed E-state index contributed by atoms with van der Waals surface area (Å²) in [6.07, 6.45) is -0.0385. The van der Waals surface area contributed by atoms with Crippen LogP contribution in [0.1, 0.15) is 39.1 Å². The molecule has 0 bridgehead atoms. The lowest BCUT2D eigenvalue weighted by molar-refractivity contribution is -0.384. The summed E-state index contributed by atoms with van der Waals surface area (Å²) in [5, 5.41) is 12.4. The Hall–Kier alpha value is -4.02. The first-order valence-electron chi connectivity index (χ1n) is 11.9. The summed E-state index contributed by atoms with van der Waals surface area (Å²) >= 11 is 0. The Kier molecular flexibility index (Phi) is 7.70. The van der Waals surface area contributed by atoms with Gasteiger partial charge in [-0.15, -0.1) is 0 Å². The maximum absolute atomic E-state index is 15.3. The molecule has 0 fully saturated rings. The molecule has 0 N–H and O–H groups in total. The summed E-state index contributed by atoms with van der Waals surface area (Å²) in [5.41, 5.74) is 2.42. The normalized spacial score (nSPS) is 12.1. The molecule has 0 aliphatic carbocycles. The van der Waals surface area contributed by atoms with Crippen molar-refractivity contribution in [1.29, 1.82) is 0 Å². The maximum atomic E-state index is 15.3. The number of Topliss-reactive ketones (excluding diaryl/α,β-unsaturated/α-hetero) is 1. The number of nitrogens with zero attached hydrogens (tertiary/aromatic N) is 1. The molecule has 0 aromatic heterocycles. The van der Waals surface area contributed by atoms with Gasteiger partial charge in [0.15, 0.2) is 12.9 Å². The highest BCUT2D eigenvalue weighted by Gasteiger charge is 2.39. The van der Waals surface area contributed by atoms with Crippen molar-refractivity contribution in [1.82, 2.24) is 0 Å². The molecule has 1 unspecified atom stereocenters. The number of nitro benzene ring substituents is 1. The quantitative estimate of drug-likeness (QED) is 0.110. The first kappa shape index (κ1) is 26.1. The lowest BCUT2D eigenvalue weighted by atomic mass is 10.0. The van der Waals surface area contributed by atoms with Crippen LogP contribution in [0, 0.1) is 24.0 Å². The van der Waals surface area contributed by atoms with Crippen molar-refractivity contribution >= 4 is 29.2 Å². The molecule has 37 heavy (non-hydrogen) atoms. The van der Waals surface area contributed by atoms with Crippen LogP contribution in [-0.4, -0.2) is 17.8 Å². The van der Waals surface area contributed by atoms with E-state index in [4.69, 9.17) is 4.74 Å². The second-order valence-corrected chi connectivity index (χ2v) is 12.0. The Labute approximate surface area is 216 Å². The predicted molar refractivity (Wildman–Crippen MR) is 147 cm³/mol. The summed E-state index contributed by atoms with van der Waals surface area (Å²) in [4.78, 5) is 24.1. The van der Waals surface area contributed by atoms with E-state index < -0.39 is 17.7 Å². The molecule has 0 saturated carbocycles. The van der Waals surface area contributed by atoms with E-state index in [0.29, 0.717) is 21.9 Å². The molecule has 0 radical (unpaired) electrons. The monoisotopic (exact) mass is 513 g/mol. The van der Waals surface area contributed by atoms with Crippen LogP contribution in [0.15, 0.2) is 97.1 Å². The first-order chi connectivity index (χ1) is 17.7. The number of methoxy groups -OCH3 is 1. The van der Waals surface area contributed by atoms with E-state index in [1.807, 2.05) is 74.5 Å². The minimum absolute atomic E-state index is 0.0385. The van der Waals surface area contributed by atoms with E-state index in [-0.39, 0.29) is 17.9 Å². The van der Waals surface area contributed by atoms with Gasteiger partial charge in [-0.1, -0.05) is 71.8 Å². The Morgan fingerprint density at radius 3 is 1.73 bits per heavy atom. The summed E-state index contributed by atoms with van der Waals surface area (Å²) in [7, 11) is -1.81. The van der Waals surface area contributed by atoms with E-state index in [9.17, 15) is 14.9 Å². The molecule has 0 saturated heterocycles. The minimum Gasteiger partial charge on any atom is -0.497 e. The molecule has 0 amide bonds. The molecule has 0 spiro atoms. The van der Waals surface area contributed by atoms with Crippen molar-refractivity contribution in [3.63, 3.8) is 0 Å². The molecule has 1 atom stereocenters. The molecule has 7 heteroatoms. The van der Waals surface area contributed by atoms with Gasteiger partial charge in [-0.05, 0) is 43.7 Å². The van der Waals surface area contributed by atoms with Gasteiger partial charge < -0.3 is 9.30 Å². The molecular weight excluding hydrogens is 485 g/mol. The van der Waals surface area contributed by atoms with E-state index in [0.717, 1.165) is 16.7 Å². The van der Waals surface area contributed by atoms with Gasteiger partial charge in [-0.25, -0.2) is 0 Å². The molecular formula is C30H28NO5P. The third-order valence-electron chi connectivity index (χ3n) is 6.55. The van der Waals surface area contributed by atoms with Crippen LogP contribution in [0.2, 0.25) is 0 Å². The fourth-order valence-corrected chi connectivity index (χ4v) is 7.60. The number of aryl methyl sites for hydroxylation is 2. The number of benzene rings is 4. The fraction of sp³-hybridized carbons (Fsp3) is 0.167. The summed E-state index contributed by atoms with van der Waals surface area (Å²) in [6.45, 7) is 3.94. The highest BCUT2D eigenvalue weighted by atomic mass is 31.2. The van der Waals surface area contributed by atoms with Crippen LogP contribution in [0.25, 0.3) is 0 Å². The lowest BCUT2D eigenvalue weighted by Crippen LogP contribution is -2.23. The number of non-ortho nitro benzene ring substituents is 1. The molecule has 0 aliphatic rings. The van der Waals surface area contributed by atoms with Crippen molar-refractivity contribution in [2.75, 3.05) is 7.11 Å². The number of hydrogen-bond donors (Lipinski definition) is 0. The average molecular weight is 514 g/mol. The molecule has 4 aromatic carbocycles. The van der Waals surface area contributed by atoms with E-state index in [2.05, 4.69) is 0 Å². The zero-order valence-electron chi connectivity index (χ0n) is 21.0. The molecule has 6 nitrogen and oxygen atoms in total. The first-order valence-corrected chi connectivity index (χ1v) is 13.7. The highest BCUT2D eigenvalue weighted by Crippen LogP contribution is 2.59. The van der Waals surface area contributed by atoms with Crippen molar-refractivity contribution in [3.8, 4) is 5.75 Å². The zero-order chi connectivity index (χ0) is 26.6. The Morgan fingerprint density at radius 1 is 0.811 bits per heavy atom. The average Bonchev–Trinajstić information content (AvgIpc) is 2.92. The molecule has 0 aliphatic heterocycles. The predicted octanol–water partition coefficient (Wildman–Crippen LogP) is 6.55. The second kappa shape index (κ2) is 10.9. The summed E-state index contributed by atoms with van der Waals surface area (Å²) in [6, 6.07) is 28.1. The zero-order valence-corrected chi connectivity index (χ0v) is 21.9. The Bertz CT molecular complexity index is 1390. The van der Waals surface area contributed by atoms with Gasteiger partial charge in [0.05, 0.1) is 17.7 Å². The van der Waals surface area contributed by atoms with Gasteiger partial charge in [-0.3, -0.25) is 14.9 Å². The van der Waals surface area contributed by atoms with Gasteiger partial charge in [0.1, 0.15) is 5.75 Å². The molecule has 0 heterocycles. The molecule has 188 valence electrons. The van der Waals surface area contributed by atoms with Gasteiger partial charge >= 0.3 is 0 Å². The summed E-state index contributed by atoms with van der Waals surface area (Å²) in [5.74, 6) is 0.417.